The Balaban J connectivity index is 1.92. The standard InChI is InChI=1S/C14H22N2O/c1-2-3-6-14(17)13-5-4-11-16(13)12-7-9-15-10-8-12/h1,12-13,15H,3-11H2. The lowest BCUT2D eigenvalue weighted by atomic mass is 10.0. The molecule has 2 saturated heterocycles. The van der Waals surface area contributed by atoms with Crippen LogP contribution in [0, 0.1) is 12.3 Å². The molecule has 0 aromatic carbocycles. The molecule has 94 valence electrons. The molecule has 0 amide bonds. The molecule has 0 radical (unpaired) electrons. The summed E-state index contributed by atoms with van der Waals surface area (Å²) in [5, 5.41) is 3.38. The second-order valence-electron chi connectivity index (χ2n) is 5.05. The van der Waals surface area contributed by atoms with E-state index in [1.165, 1.54) is 12.8 Å². The van der Waals surface area contributed by atoms with Gasteiger partial charge in [-0.25, -0.2) is 0 Å². The van der Waals surface area contributed by atoms with Gasteiger partial charge in [-0.1, -0.05) is 0 Å². The maximum absolute atomic E-state index is 12.1. The van der Waals surface area contributed by atoms with Crippen LogP contribution < -0.4 is 5.32 Å². The summed E-state index contributed by atoms with van der Waals surface area (Å²) in [5.74, 6) is 2.93. The minimum absolute atomic E-state index is 0.159. The molecule has 0 saturated carbocycles. The van der Waals surface area contributed by atoms with E-state index in [0.29, 0.717) is 24.7 Å². The Hall–Kier alpha value is -0.850. The number of terminal acetylenes is 1. The Labute approximate surface area is 104 Å². The highest BCUT2D eigenvalue weighted by atomic mass is 16.1. The fourth-order valence-electron chi connectivity index (χ4n) is 3.07. The number of carbonyl (C=O) groups excluding carboxylic acids is 1. The van der Waals surface area contributed by atoms with Gasteiger partial charge in [-0.2, -0.15) is 0 Å². The van der Waals surface area contributed by atoms with Gasteiger partial charge in [0.1, 0.15) is 0 Å². The molecule has 0 aliphatic carbocycles. The number of Topliss-reactive ketones (excluding diaryl/α,β-unsaturated/α-hetero) is 1. The SMILES string of the molecule is C#CCCC(=O)C1CCCN1C1CCNCC1. The first-order chi connectivity index (χ1) is 8.33. The molecule has 1 atom stereocenters. The molecule has 0 bridgehead atoms. The van der Waals surface area contributed by atoms with Gasteiger partial charge in [0, 0.05) is 18.9 Å². The van der Waals surface area contributed by atoms with Crippen molar-refractivity contribution in [3.63, 3.8) is 0 Å². The fourth-order valence-corrected chi connectivity index (χ4v) is 3.07. The van der Waals surface area contributed by atoms with E-state index in [1.807, 2.05) is 0 Å². The van der Waals surface area contributed by atoms with E-state index in [9.17, 15) is 4.79 Å². The van der Waals surface area contributed by atoms with Gasteiger partial charge in [0.05, 0.1) is 6.04 Å². The summed E-state index contributed by atoms with van der Waals surface area (Å²) in [4.78, 5) is 14.5. The lowest BCUT2D eigenvalue weighted by Crippen LogP contribution is -2.47. The summed E-state index contributed by atoms with van der Waals surface area (Å²) >= 11 is 0. The first kappa shape index (κ1) is 12.6. The lowest BCUT2D eigenvalue weighted by Gasteiger charge is -2.35. The number of likely N-dealkylation sites (tertiary alicyclic amines) is 1. The van der Waals surface area contributed by atoms with Gasteiger partial charge in [0.15, 0.2) is 5.78 Å². The Kier molecular flexibility index (Phi) is 4.58. The molecule has 0 spiro atoms. The smallest absolute Gasteiger partial charge is 0.150 e. The molecule has 2 heterocycles. The molecule has 0 aromatic heterocycles. The first-order valence-electron chi connectivity index (χ1n) is 6.75. The van der Waals surface area contributed by atoms with Crippen LogP contribution in [0.25, 0.3) is 0 Å². The van der Waals surface area contributed by atoms with Crippen molar-refractivity contribution in [3.05, 3.63) is 0 Å². The summed E-state index contributed by atoms with van der Waals surface area (Å²) in [7, 11) is 0. The van der Waals surface area contributed by atoms with E-state index in [2.05, 4.69) is 16.1 Å². The summed E-state index contributed by atoms with van der Waals surface area (Å²) < 4.78 is 0. The topological polar surface area (TPSA) is 32.3 Å². The highest BCUT2D eigenvalue weighted by Crippen LogP contribution is 2.25. The van der Waals surface area contributed by atoms with Gasteiger partial charge < -0.3 is 5.32 Å². The van der Waals surface area contributed by atoms with Crippen LogP contribution >= 0.6 is 0 Å². The van der Waals surface area contributed by atoms with Crippen LogP contribution in [0.1, 0.15) is 38.5 Å². The van der Waals surface area contributed by atoms with Crippen LogP contribution in [-0.4, -0.2) is 42.4 Å². The zero-order valence-corrected chi connectivity index (χ0v) is 10.5. The van der Waals surface area contributed by atoms with Gasteiger partial charge >= 0.3 is 0 Å². The number of piperidine rings is 1. The molecule has 2 rings (SSSR count). The zero-order valence-electron chi connectivity index (χ0n) is 10.5. The van der Waals surface area contributed by atoms with E-state index in [4.69, 9.17) is 6.42 Å². The average molecular weight is 234 g/mol. The van der Waals surface area contributed by atoms with Crippen molar-refractivity contribution in [3.8, 4) is 12.3 Å². The average Bonchev–Trinajstić information content (AvgIpc) is 2.86. The van der Waals surface area contributed by atoms with Crippen molar-refractivity contribution < 1.29 is 4.79 Å². The van der Waals surface area contributed by atoms with Crippen LogP contribution in [0.2, 0.25) is 0 Å². The molecule has 3 heteroatoms. The molecule has 1 unspecified atom stereocenters. The van der Waals surface area contributed by atoms with Crippen molar-refractivity contribution >= 4 is 5.78 Å². The summed E-state index contributed by atoms with van der Waals surface area (Å²) in [5.41, 5.74) is 0. The third kappa shape index (κ3) is 3.08. The predicted octanol–water partition coefficient (Wildman–Crippen LogP) is 1.19. The molecule has 3 nitrogen and oxygen atoms in total. The van der Waals surface area contributed by atoms with E-state index in [0.717, 1.165) is 32.5 Å². The Morgan fingerprint density at radius 1 is 1.35 bits per heavy atom. The Morgan fingerprint density at radius 2 is 2.12 bits per heavy atom. The van der Waals surface area contributed by atoms with Gasteiger partial charge in [-0.05, 0) is 45.3 Å². The van der Waals surface area contributed by atoms with E-state index < -0.39 is 0 Å². The number of ketones is 1. The maximum atomic E-state index is 12.1. The number of carbonyl (C=O) groups is 1. The quantitative estimate of drug-likeness (QED) is 0.742. The first-order valence-corrected chi connectivity index (χ1v) is 6.75. The zero-order chi connectivity index (χ0) is 12.1. The van der Waals surface area contributed by atoms with Crippen LogP contribution in [0.4, 0.5) is 0 Å². The van der Waals surface area contributed by atoms with E-state index in [1.54, 1.807) is 0 Å². The van der Waals surface area contributed by atoms with Gasteiger partial charge in [-0.3, -0.25) is 9.69 Å². The second kappa shape index (κ2) is 6.18. The third-order valence-corrected chi connectivity index (χ3v) is 3.96. The highest BCUT2D eigenvalue weighted by Gasteiger charge is 2.34. The van der Waals surface area contributed by atoms with Crippen molar-refractivity contribution in [2.75, 3.05) is 19.6 Å². The fraction of sp³-hybridized carbons (Fsp3) is 0.786. The minimum Gasteiger partial charge on any atom is -0.317 e. The molecule has 2 aliphatic rings. The van der Waals surface area contributed by atoms with E-state index in [-0.39, 0.29) is 6.04 Å². The van der Waals surface area contributed by atoms with Gasteiger partial charge in [-0.15, -0.1) is 12.3 Å². The predicted molar refractivity (Wildman–Crippen MR) is 68.7 cm³/mol. The Bertz CT molecular complexity index is 302. The van der Waals surface area contributed by atoms with Gasteiger partial charge in [0.2, 0.25) is 0 Å². The molecule has 2 fully saturated rings. The molecular formula is C14H22N2O. The lowest BCUT2D eigenvalue weighted by molar-refractivity contribution is -0.124. The number of hydrogen-bond acceptors (Lipinski definition) is 3. The molecule has 1 N–H and O–H groups in total. The highest BCUT2D eigenvalue weighted by molar-refractivity contribution is 5.84. The second-order valence-corrected chi connectivity index (χ2v) is 5.05. The van der Waals surface area contributed by atoms with Crippen molar-refractivity contribution in [1.82, 2.24) is 10.2 Å². The van der Waals surface area contributed by atoms with Gasteiger partial charge in [0.25, 0.3) is 0 Å². The summed E-state index contributed by atoms with van der Waals surface area (Å²) in [6, 6.07) is 0.769. The molecule has 0 aromatic rings. The number of rotatable bonds is 4. The van der Waals surface area contributed by atoms with E-state index >= 15 is 0 Å². The number of hydrogen-bond donors (Lipinski definition) is 1. The maximum Gasteiger partial charge on any atom is 0.150 e. The summed E-state index contributed by atoms with van der Waals surface area (Å²) in [6.07, 6.45) is 10.9. The third-order valence-electron chi connectivity index (χ3n) is 3.96. The van der Waals surface area contributed by atoms with Crippen molar-refractivity contribution in [2.45, 2.75) is 50.6 Å². The Morgan fingerprint density at radius 3 is 2.82 bits per heavy atom. The van der Waals surface area contributed by atoms with Crippen LogP contribution in [-0.2, 0) is 4.79 Å². The number of nitrogens with one attached hydrogen (secondary N) is 1. The summed E-state index contributed by atoms with van der Waals surface area (Å²) in [6.45, 7) is 3.27. The largest absolute Gasteiger partial charge is 0.317 e. The monoisotopic (exact) mass is 234 g/mol. The van der Waals surface area contributed by atoms with Crippen LogP contribution in [0.5, 0.6) is 0 Å². The van der Waals surface area contributed by atoms with Crippen molar-refractivity contribution in [2.24, 2.45) is 0 Å². The normalized spacial score (nSPS) is 26.9. The molecule has 17 heavy (non-hydrogen) atoms. The number of nitrogens with zero attached hydrogens (tertiary/aromatic N) is 1. The van der Waals surface area contributed by atoms with Crippen LogP contribution in [0.15, 0.2) is 0 Å². The minimum atomic E-state index is 0.159. The molecule has 2 aliphatic heterocycles. The van der Waals surface area contributed by atoms with Crippen LogP contribution in [0.3, 0.4) is 0 Å². The van der Waals surface area contributed by atoms with Crippen molar-refractivity contribution in [1.29, 1.82) is 0 Å². The molecular weight excluding hydrogens is 212 g/mol.